The smallest absolute Gasteiger partial charge is 0.227 e. The first-order valence-corrected chi connectivity index (χ1v) is 6.41. The number of carbonyl (C=O) groups excluding carboxylic acids is 1. The minimum atomic E-state index is -1.11. The van der Waals surface area contributed by atoms with Crippen LogP contribution in [0.1, 0.15) is 30.4 Å². The van der Waals surface area contributed by atoms with E-state index >= 15 is 0 Å². The van der Waals surface area contributed by atoms with Crippen LogP contribution in [0.25, 0.3) is 0 Å². The molecule has 0 aliphatic carbocycles. The number of amides is 1. The number of aryl methyl sites for hydroxylation is 2. The Kier molecular flexibility index (Phi) is 3.64. The standard InChI is InChI=1S/C13H20N2O4/c1-8-10(9(2)19-14-8)6-12(17)15-5-4-13(3,18)11(16)7-15/h11,16,18H,4-7H2,1-3H3/t11-,13+/m0/s1. The summed E-state index contributed by atoms with van der Waals surface area (Å²) >= 11 is 0. The van der Waals surface area contributed by atoms with E-state index in [0.29, 0.717) is 18.7 Å². The van der Waals surface area contributed by atoms with Gasteiger partial charge >= 0.3 is 0 Å². The molecule has 0 spiro atoms. The molecular formula is C13H20N2O4. The van der Waals surface area contributed by atoms with E-state index in [2.05, 4.69) is 5.16 Å². The van der Waals surface area contributed by atoms with Crippen molar-refractivity contribution in [2.45, 2.75) is 45.3 Å². The van der Waals surface area contributed by atoms with Gasteiger partial charge in [-0.2, -0.15) is 0 Å². The minimum Gasteiger partial charge on any atom is -0.388 e. The van der Waals surface area contributed by atoms with Crippen LogP contribution in [0.4, 0.5) is 0 Å². The van der Waals surface area contributed by atoms with E-state index in [1.807, 2.05) is 0 Å². The monoisotopic (exact) mass is 268 g/mol. The summed E-state index contributed by atoms with van der Waals surface area (Å²) in [5, 5.41) is 23.5. The van der Waals surface area contributed by atoms with Gasteiger partial charge in [-0.05, 0) is 27.2 Å². The predicted molar refractivity (Wildman–Crippen MR) is 67.5 cm³/mol. The van der Waals surface area contributed by atoms with E-state index in [1.165, 1.54) is 0 Å². The zero-order valence-electron chi connectivity index (χ0n) is 11.5. The first-order valence-electron chi connectivity index (χ1n) is 6.41. The van der Waals surface area contributed by atoms with Crippen molar-refractivity contribution >= 4 is 5.91 Å². The number of aromatic nitrogens is 1. The molecule has 2 N–H and O–H groups in total. The highest BCUT2D eigenvalue weighted by molar-refractivity contribution is 5.79. The number of β-amino-alcohol motifs (C(OH)–C–C–N with tert-alkyl or cyclic N) is 1. The number of piperidine rings is 1. The number of likely N-dealkylation sites (tertiary alicyclic amines) is 1. The van der Waals surface area contributed by atoms with Gasteiger partial charge in [-0.3, -0.25) is 4.79 Å². The topological polar surface area (TPSA) is 86.8 Å². The van der Waals surface area contributed by atoms with Crippen LogP contribution in [0.15, 0.2) is 4.52 Å². The molecule has 1 amide bonds. The summed E-state index contributed by atoms with van der Waals surface area (Å²) in [5.41, 5.74) is 0.409. The van der Waals surface area contributed by atoms with Gasteiger partial charge in [0, 0.05) is 18.7 Å². The van der Waals surface area contributed by atoms with Crippen molar-refractivity contribution in [2.75, 3.05) is 13.1 Å². The molecule has 6 nitrogen and oxygen atoms in total. The van der Waals surface area contributed by atoms with Crippen molar-refractivity contribution in [3.05, 3.63) is 17.0 Å². The molecule has 0 bridgehead atoms. The molecule has 1 fully saturated rings. The van der Waals surface area contributed by atoms with E-state index in [0.717, 1.165) is 11.3 Å². The maximum atomic E-state index is 12.2. The molecule has 2 rings (SSSR count). The highest BCUT2D eigenvalue weighted by Crippen LogP contribution is 2.23. The second-order valence-electron chi connectivity index (χ2n) is 5.44. The summed E-state index contributed by atoms with van der Waals surface area (Å²) in [6.45, 7) is 5.78. The van der Waals surface area contributed by atoms with Gasteiger partial charge in [0.25, 0.3) is 0 Å². The third-order valence-corrected chi connectivity index (χ3v) is 3.86. The summed E-state index contributed by atoms with van der Waals surface area (Å²) in [4.78, 5) is 13.8. The summed E-state index contributed by atoms with van der Waals surface area (Å²) in [6.07, 6.45) is -0.313. The molecule has 1 saturated heterocycles. The Morgan fingerprint density at radius 1 is 1.58 bits per heavy atom. The summed E-state index contributed by atoms with van der Waals surface area (Å²) < 4.78 is 5.03. The van der Waals surface area contributed by atoms with E-state index in [-0.39, 0.29) is 18.9 Å². The average molecular weight is 268 g/mol. The van der Waals surface area contributed by atoms with Crippen LogP contribution in [0.3, 0.4) is 0 Å². The van der Waals surface area contributed by atoms with Crippen LogP contribution >= 0.6 is 0 Å². The molecule has 106 valence electrons. The van der Waals surface area contributed by atoms with Crippen molar-refractivity contribution in [2.24, 2.45) is 0 Å². The first kappa shape index (κ1) is 14.0. The Labute approximate surface area is 112 Å². The molecule has 1 aliphatic heterocycles. The van der Waals surface area contributed by atoms with Crippen molar-refractivity contribution in [1.29, 1.82) is 0 Å². The quantitative estimate of drug-likeness (QED) is 0.799. The van der Waals surface area contributed by atoms with E-state index in [9.17, 15) is 15.0 Å². The molecule has 0 unspecified atom stereocenters. The Hall–Kier alpha value is -1.40. The van der Waals surface area contributed by atoms with Gasteiger partial charge in [-0.1, -0.05) is 5.16 Å². The molecule has 2 heterocycles. The number of aliphatic hydroxyl groups is 2. The van der Waals surface area contributed by atoms with Crippen molar-refractivity contribution in [3.63, 3.8) is 0 Å². The number of hydrogen-bond donors (Lipinski definition) is 2. The van der Waals surface area contributed by atoms with Crippen molar-refractivity contribution in [1.82, 2.24) is 10.1 Å². The highest BCUT2D eigenvalue weighted by Gasteiger charge is 2.37. The highest BCUT2D eigenvalue weighted by atomic mass is 16.5. The van der Waals surface area contributed by atoms with Crippen LogP contribution < -0.4 is 0 Å². The Balaban J connectivity index is 2.02. The van der Waals surface area contributed by atoms with E-state index in [4.69, 9.17) is 4.52 Å². The molecule has 1 aromatic heterocycles. The number of carbonyl (C=O) groups is 1. The third kappa shape index (κ3) is 2.79. The van der Waals surface area contributed by atoms with Crippen LogP contribution in [0, 0.1) is 13.8 Å². The number of aliphatic hydroxyl groups excluding tert-OH is 1. The number of rotatable bonds is 2. The van der Waals surface area contributed by atoms with E-state index in [1.54, 1.807) is 25.7 Å². The lowest BCUT2D eigenvalue weighted by molar-refractivity contribution is -0.145. The molecular weight excluding hydrogens is 248 g/mol. The summed E-state index contributed by atoms with van der Waals surface area (Å²) in [6, 6.07) is 0. The Morgan fingerprint density at radius 2 is 2.26 bits per heavy atom. The maximum Gasteiger partial charge on any atom is 0.227 e. The minimum absolute atomic E-state index is 0.0797. The van der Waals surface area contributed by atoms with Gasteiger partial charge in [-0.15, -0.1) is 0 Å². The molecule has 1 aliphatic rings. The fourth-order valence-corrected chi connectivity index (χ4v) is 2.27. The molecule has 1 aromatic rings. The van der Waals surface area contributed by atoms with Gasteiger partial charge in [0.15, 0.2) is 0 Å². The molecule has 19 heavy (non-hydrogen) atoms. The number of nitrogens with zero attached hydrogens (tertiary/aromatic N) is 2. The maximum absolute atomic E-state index is 12.2. The Bertz CT molecular complexity index is 461. The molecule has 0 aromatic carbocycles. The zero-order chi connectivity index (χ0) is 14.2. The largest absolute Gasteiger partial charge is 0.388 e. The second-order valence-corrected chi connectivity index (χ2v) is 5.44. The fourth-order valence-electron chi connectivity index (χ4n) is 2.27. The van der Waals surface area contributed by atoms with E-state index < -0.39 is 11.7 Å². The van der Waals surface area contributed by atoms with Crippen LogP contribution in [0.2, 0.25) is 0 Å². The van der Waals surface area contributed by atoms with Crippen molar-refractivity contribution in [3.8, 4) is 0 Å². The molecule has 0 radical (unpaired) electrons. The fraction of sp³-hybridized carbons (Fsp3) is 0.692. The number of hydrogen-bond acceptors (Lipinski definition) is 5. The van der Waals surface area contributed by atoms with Gasteiger partial charge in [0.1, 0.15) is 5.76 Å². The zero-order valence-corrected chi connectivity index (χ0v) is 11.5. The van der Waals surface area contributed by atoms with Crippen LogP contribution in [-0.4, -0.2) is 51.0 Å². The SMILES string of the molecule is Cc1noc(C)c1CC(=O)N1CC[C@@](C)(O)[C@@H](O)C1. The van der Waals surface area contributed by atoms with Gasteiger partial charge in [-0.25, -0.2) is 0 Å². The van der Waals surface area contributed by atoms with Crippen LogP contribution in [-0.2, 0) is 11.2 Å². The summed E-state index contributed by atoms with van der Waals surface area (Å²) in [5.74, 6) is 0.569. The van der Waals surface area contributed by atoms with Crippen LogP contribution in [0.5, 0.6) is 0 Å². The summed E-state index contributed by atoms with van der Waals surface area (Å²) in [7, 11) is 0. The molecule has 6 heteroatoms. The lowest BCUT2D eigenvalue weighted by Gasteiger charge is -2.39. The second kappa shape index (κ2) is 4.94. The predicted octanol–water partition coefficient (Wildman–Crippen LogP) is 0.178. The lowest BCUT2D eigenvalue weighted by Crippen LogP contribution is -2.55. The average Bonchev–Trinajstić information content (AvgIpc) is 2.64. The molecule has 0 saturated carbocycles. The van der Waals surface area contributed by atoms with Gasteiger partial charge in [0.05, 0.1) is 23.8 Å². The lowest BCUT2D eigenvalue weighted by atomic mass is 9.90. The first-order chi connectivity index (χ1) is 8.81. The van der Waals surface area contributed by atoms with Gasteiger partial charge in [0.2, 0.25) is 5.91 Å². The third-order valence-electron chi connectivity index (χ3n) is 3.86. The Morgan fingerprint density at radius 3 is 2.79 bits per heavy atom. The van der Waals surface area contributed by atoms with Gasteiger partial charge < -0.3 is 19.6 Å². The normalized spacial score (nSPS) is 27.6. The van der Waals surface area contributed by atoms with Crippen molar-refractivity contribution < 1.29 is 19.5 Å². The molecule has 2 atom stereocenters.